The zero-order chi connectivity index (χ0) is 19.7. The second-order valence-electron chi connectivity index (χ2n) is 5.87. The average Bonchev–Trinajstić information content (AvgIpc) is 3.02. The molecule has 0 unspecified atom stereocenters. The monoisotopic (exact) mass is 375 g/mol. The van der Waals surface area contributed by atoms with Gasteiger partial charge in [-0.2, -0.15) is 5.10 Å². The Labute approximate surface area is 157 Å². The molecule has 0 aliphatic carbocycles. The second kappa shape index (κ2) is 6.76. The Morgan fingerprint density at radius 3 is 2.50 bits per heavy atom. The number of aromatic nitrogens is 3. The number of para-hydroxylation sites is 2. The largest absolute Gasteiger partial charge is 0.395 e. The number of amides is 1. The number of nitrogen functional groups attached to an aromatic ring is 1. The van der Waals surface area contributed by atoms with Crippen LogP contribution in [0, 0.1) is 10.1 Å². The number of nitro groups is 1. The zero-order valence-electron chi connectivity index (χ0n) is 14.3. The highest BCUT2D eigenvalue weighted by Crippen LogP contribution is 2.24. The molecule has 4 N–H and O–H groups in total. The number of aromatic amines is 1. The van der Waals surface area contributed by atoms with Gasteiger partial charge in [0, 0.05) is 12.1 Å². The van der Waals surface area contributed by atoms with Gasteiger partial charge in [-0.25, -0.2) is 15.4 Å². The normalized spacial score (nSPS) is 11.3. The summed E-state index contributed by atoms with van der Waals surface area (Å²) in [6.45, 7) is 0. The lowest BCUT2D eigenvalue weighted by atomic mass is 10.2. The van der Waals surface area contributed by atoms with E-state index in [0.717, 1.165) is 0 Å². The number of anilines is 1. The quantitative estimate of drug-likeness (QED) is 0.283. The SMILES string of the molecule is Nc1c(C(=O)N/N=C/c2ccc([N+](=O)[O-])cc2)[nH]c2nc3ccccc3nc12. The Morgan fingerprint density at radius 1 is 1.14 bits per heavy atom. The van der Waals surface area contributed by atoms with E-state index in [1.165, 1.54) is 30.5 Å². The topological polar surface area (TPSA) is 152 Å². The molecule has 2 aromatic carbocycles. The molecule has 0 aliphatic heterocycles. The molecule has 10 nitrogen and oxygen atoms in total. The van der Waals surface area contributed by atoms with Gasteiger partial charge in [-0.3, -0.25) is 14.9 Å². The van der Waals surface area contributed by atoms with Gasteiger partial charge in [0.1, 0.15) is 11.2 Å². The van der Waals surface area contributed by atoms with Gasteiger partial charge in [0.05, 0.1) is 27.9 Å². The lowest BCUT2D eigenvalue weighted by molar-refractivity contribution is -0.384. The van der Waals surface area contributed by atoms with Crippen LogP contribution in [0.3, 0.4) is 0 Å². The Kier molecular flexibility index (Phi) is 4.13. The van der Waals surface area contributed by atoms with Crippen LogP contribution < -0.4 is 11.2 Å². The Balaban J connectivity index is 1.55. The summed E-state index contributed by atoms with van der Waals surface area (Å²) in [5.74, 6) is -0.556. The highest BCUT2D eigenvalue weighted by atomic mass is 16.6. The number of rotatable bonds is 4. The van der Waals surface area contributed by atoms with Crippen LogP contribution in [0.1, 0.15) is 16.1 Å². The van der Waals surface area contributed by atoms with Gasteiger partial charge in [-0.05, 0) is 29.8 Å². The summed E-state index contributed by atoms with van der Waals surface area (Å²) in [5.41, 5.74) is 11.4. The standard InChI is InChI=1S/C18H13N7O3/c19-14-15-17(22-13-4-2-1-3-12(13)21-15)23-16(14)18(26)24-20-9-10-5-7-11(8-6-10)25(27)28/h1-9H,19H2,(H,22,23)(H,24,26)/b20-9+. The first-order valence-corrected chi connectivity index (χ1v) is 8.15. The van der Waals surface area contributed by atoms with Crippen molar-refractivity contribution >= 4 is 45.7 Å². The molecule has 0 saturated heterocycles. The molecule has 0 aliphatic rings. The van der Waals surface area contributed by atoms with Crippen molar-refractivity contribution in [2.45, 2.75) is 0 Å². The molecule has 0 saturated carbocycles. The minimum atomic E-state index is -0.556. The number of fused-ring (bicyclic) bond motifs is 2. The number of non-ortho nitro benzene ring substituents is 1. The van der Waals surface area contributed by atoms with Gasteiger partial charge in [0.15, 0.2) is 5.65 Å². The summed E-state index contributed by atoms with van der Waals surface area (Å²) in [4.78, 5) is 34.3. The first-order chi connectivity index (χ1) is 13.5. The number of nitrogens with zero attached hydrogens (tertiary/aromatic N) is 4. The lowest BCUT2D eigenvalue weighted by Gasteiger charge is -1.98. The average molecular weight is 375 g/mol. The number of hydrazone groups is 1. The highest BCUT2D eigenvalue weighted by molar-refractivity contribution is 6.06. The molecular formula is C18H13N7O3. The molecule has 0 radical (unpaired) electrons. The van der Waals surface area contributed by atoms with Crippen LogP contribution in [0.15, 0.2) is 53.6 Å². The number of hydrogen-bond acceptors (Lipinski definition) is 7. The van der Waals surface area contributed by atoms with Gasteiger partial charge < -0.3 is 10.7 Å². The molecule has 0 bridgehead atoms. The van der Waals surface area contributed by atoms with E-state index in [-0.39, 0.29) is 17.1 Å². The van der Waals surface area contributed by atoms with Gasteiger partial charge in [-0.15, -0.1) is 0 Å². The smallest absolute Gasteiger partial charge is 0.290 e. The third-order valence-corrected chi connectivity index (χ3v) is 4.05. The fraction of sp³-hybridized carbons (Fsp3) is 0. The number of carbonyl (C=O) groups excluding carboxylic acids is 1. The van der Waals surface area contributed by atoms with Crippen molar-refractivity contribution < 1.29 is 9.72 Å². The van der Waals surface area contributed by atoms with E-state index in [4.69, 9.17) is 5.73 Å². The maximum absolute atomic E-state index is 12.4. The van der Waals surface area contributed by atoms with Crippen LogP contribution in [-0.4, -0.2) is 32.0 Å². The third kappa shape index (κ3) is 3.09. The van der Waals surface area contributed by atoms with Crippen molar-refractivity contribution in [3.05, 3.63) is 69.9 Å². The van der Waals surface area contributed by atoms with E-state index in [2.05, 4.69) is 25.5 Å². The van der Waals surface area contributed by atoms with Gasteiger partial charge in [0.2, 0.25) is 0 Å². The maximum atomic E-state index is 12.4. The summed E-state index contributed by atoms with van der Waals surface area (Å²) >= 11 is 0. The van der Waals surface area contributed by atoms with E-state index in [9.17, 15) is 14.9 Å². The predicted octanol–water partition coefficient (Wildman–Crippen LogP) is 2.37. The van der Waals surface area contributed by atoms with Crippen molar-refractivity contribution in [2.24, 2.45) is 5.10 Å². The number of nitrogens with two attached hydrogens (primary N) is 1. The van der Waals surface area contributed by atoms with Crippen LogP contribution in [0.25, 0.3) is 22.2 Å². The summed E-state index contributed by atoms with van der Waals surface area (Å²) in [6, 6.07) is 13.0. The van der Waals surface area contributed by atoms with E-state index < -0.39 is 10.8 Å². The number of nitrogens with one attached hydrogen (secondary N) is 2. The Hall–Kier alpha value is -4.34. The van der Waals surface area contributed by atoms with Crippen LogP contribution in [-0.2, 0) is 0 Å². The first kappa shape index (κ1) is 17.1. The maximum Gasteiger partial charge on any atom is 0.290 e. The number of carbonyl (C=O) groups is 1. The fourth-order valence-corrected chi connectivity index (χ4v) is 2.66. The molecule has 0 atom stereocenters. The fourth-order valence-electron chi connectivity index (χ4n) is 2.66. The number of nitro benzene ring substituents is 1. The van der Waals surface area contributed by atoms with Crippen molar-refractivity contribution in [3.63, 3.8) is 0 Å². The zero-order valence-corrected chi connectivity index (χ0v) is 14.3. The van der Waals surface area contributed by atoms with Crippen LogP contribution in [0.2, 0.25) is 0 Å². The van der Waals surface area contributed by atoms with Crippen LogP contribution in [0.5, 0.6) is 0 Å². The highest BCUT2D eigenvalue weighted by Gasteiger charge is 2.17. The molecule has 4 rings (SSSR count). The van der Waals surface area contributed by atoms with Crippen molar-refractivity contribution in [1.82, 2.24) is 20.4 Å². The van der Waals surface area contributed by atoms with Crippen molar-refractivity contribution in [3.8, 4) is 0 Å². The second-order valence-corrected chi connectivity index (χ2v) is 5.87. The van der Waals surface area contributed by atoms with E-state index in [0.29, 0.717) is 27.8 Å². The summed E-state index contributed by atoms with van der Waals surface area (Å²) in [5, 5.41) is 14.5. The molecule has 0 spiro atoms. The Bertz CT molecular complexity index is 1250. The first-order valence-electron chi connectivity index (χ1n) is 8.15. The molecule has 10 heteroatoms. The van der Waals surface area contributed by atoms with E-state index in [1.807, 2.05) is 24.3 Å². The lowest BCUT2D eigenvalue weighted by Crippen LogP contribution is -2.19. The number of hydrogen-bond donors (Lipinski definition) is 3. The molecule has 2 aromatic heterocycles. The summed E-state index contributed by atoms with van der Waals surface area (Å²) in [7, 11) is 0. The van der Waals surface area contributed by atoms with Gasteiger partial charge >= 0.3 is 0 Å². The van der Waals surface area contributed by atoms with Gasteiger partial charge in [-0.1, -0.05) is 12.1 Å². The van der Waals surface area contributed by atoms with Crippen LogP contribution >= 0.6 is 0 Å². The molecule has 138 valence electrons. The summed E-state index contributed by atoms with van der Waals surface area (Å²) in [6.07, 6.45) is 1.37. The minimum Gasteiger partial charge on any atom is -0.395 e. The van der Waals surface area contributed by atoms with E-state index >= 15 is 0 Å². The van der Waals surface area contributed by atoms with Crippen molar-refractivity contribution in [1.29, 1.82) is 0 Å². The van der Waals surface area contributed by atoms with Crippen LogP contribution in [0.4, 0.5) is 11.4 Å². The molecule has 2 heterocycles. The summed E-state index contributed by atoms with van der Waals surface area (Å²) < 4.78 is 0. The number of benzene rings is 2. The number of H-pyrrole nitrogens is 1. The third-order valence-electron chi connectivity index (χ3n) is 4.05. The minimum absolute atomic E-state index is 0.0283. The molecule has 0 fully saturated rings. The van der Waals surface area contributed by atoms with Gasteiger partial charge in [0.25, 0.3) is 11.6 Å². The molecule has 4 aromatic rings. The molecule has 1 amide bonds. The Morgan fingerprint density at radius 2 is 1.82 bits per heavy atom. The molecule has 28 heavy (non-hydrogen) atoms. The predicted molar refractivity (Wildman–Crippen MR) is 104 cm³/mol. The van der Waals surface area contributed by atoms with E-state index in [1.54, 1.807) is 0 Å². The molecular weight excluding hydrogens is 362 g/mol. The van der Waals surface area contributed by atoms with Crippen molar-refractivity contribution in [2.75, 3.05) is 5.73 Å².